The van der Waals surface area contributed by atoms with Crippen LogP contribution in [-0.2, 0) is 25.7 Å². The number of carbonyl (C=O) groups is 4. The van der Waals surface area contributed by atoms with Crippen molar-refractivity contribution in [2.45, 2.75) is 12.7 Å². The number of carboxylic acids is 1. The van der Waals surface area contributed by atoms with Gasteiger partial charge in [0.05, 0.1) is 24.9 Å². The molecule has 0 spiro atoms. The molecule has 214 valence electrons. The number of alkyl halides is 3. The second kappa shape index (κ2) is 13.3. The topological polar surface area (TPSA) is 160 Å². The predicted molar refractivity (Wildman–Crippen MR) is 144 cm³/mol. The zero-order valence-corrected chi connectivity index (χ0v) is 21.5. The quantitative estimate of drug-likeness (QED) is 0.203. The van der Waals surface area contributed by atoms with Gasteiger partial charge >= 0.3 is 18.1 Å². The van der Waals surface area contributed by atoms with Gasteiger partial charge in [0.2, 0.25) is 5.91 Å². The van der Waals surface area contributed by atoms with Crippen LogP contribution in [0.25, 0.3) is 11.3 Å². The lowest BCUT2D eigenvalue weighted by Crippen LogP contribution is -2.23. The van der Waals surface area contributed by atoms with E-state index in [0.717, 1.165) is 16.8 Å². The van der Waals surface area contributed by atoms with Crippen LogP contribution in [0.2, 0.25) is 0 Å². The van der Waals surface area contributed by atoms with E-state index in [4.69, 9.17) is 15.6 Å². The number of amides is 2. The summed E-state index contributed by atoms with van der Waals surface area (Å²) in [5.41, 5.74) is 10.7. The number of fused-ring (bicyclic) bond motifs is 1. The van der Waals surface area contributed by atoms with Gasteiger partial charge in [0.15, 0.2) is 0 Å². The van der Waals surface area contributed by atoms with Crippen LogP contribution in [0.4, 0.5) is 24.5 Å². The fourth-order valence-corrected chi connectivity index (χ4v) is 3.69. The fourth-order valence-electron chi connectivity index (χ4n) is 3.69. The SMILES string of the molecule is COC(=O)CNCc1ccc(N/C(=C2\C(=O)Nc3cc(C(N)=O)ccc32)c2ccccc2)cc1.O=C(O)C(F)(F)F. The summed E-state index contributed by atoms with van der Waals surface area (Å²) in [7, 11) is 1.35. The largest absolute Gasteiger partial charge is 0.490 e. The highest BCUT2D eigenvalue weighted by Gasteiger charge is 2.38. The lowest BCUT2D eigenvalue weighted by Gasteiger charge is -2.15. The van der Waals surface area contributed by atoms with E-state index in [1.807, 2.05) is 54.6 Å². The number of aliphatic carboxylic acids is 1. The first-order valence-electron chi connectivity index (χ1n) is 11.9. The van der Waals surface area contributed by atoms with Crippen molar-refractivity contribution in [3.63, 3.8) is 0 Å². The Labute approximate surface area is 232 Å². The minimum atomic E-state index is -5.08. The minimum absolute atomic E-state index is 0.132. The molecule has 0 bridgehead atoms. The van der Waals surface area contributed by atoms with Crippen LogP contribution in [0.15, 0.2) is 72.8 Å². The number of rotatable bonds is 8. The number of carbonyl (C=O) groups excluding carboxylic acids is 3. The summed E-state index contributed by atoms with van der Waals surface area (Å²) in [6.45, 7) is 0.646. The Morgan fingerprint density at radius 3 is 2.17 bits per heavy atom. The first-order valence-corrected chi connectivity index (χ1v) is 11.9. The van der Waals surface area contributed by atoms with Gasteiger partial charge in [0, 0.05) is 29.0 Å². The second-order valence-electron chi connectivity index (χ2n) is 8.50. The smallest absolute Gasteiger partial charge is 0.475 e. The maximum atomic E-state index is 13.0. The zero-order valence-electron chi connectivity index (χ0n) is 21.5. The molecule has 0 aliphatic carbocycles. The number of hydrogen-bond donors (Lipinski definition) is 5. The van der Waals surface area contributed by atoms with Gasteiger partial charge in [-0.3, -0.25) is 14.4 Å². The predicted octanol–water partition coefficient (Wildman–Crippen LogP) is 3.61. The van der Waals surface area contributed by atoms with E-state index in [-0.39, 0.29) is 18.4 Å². The third-order valence-electron chi connectivity index (χ3n) is 5.65. The number of benzene rings is 3. The van der Waals surface area contributed by atoms with Crippen molar-refractivity contribution in [1.82, 2.24) is 5.32 Å². The molecule has 2 amide bonds. The lowest BCUT2D eigenvalue weighted by atomic mass is 9.99. The van der Waals surface area contributed by atoms with Gasteiger partial charge in [0.1, 0.15) is 0 Å². The monoisotopic (exact) mass is 570 g/mol. The van der Waals surface area contributed by atoms with Crippen molar-refractivity contribution in [3.05, 3.63) is 95.1 Å². The van der Waals surface area contributed by atoms with E-state index in [2.05, 4.69) is 20.7 Å². The van der Waals surface area contributed by atoms with Crippen molar-refractivity contribution in [2.24, 2.45) is 5.73 Å². The average molecular weight is 571 g/mol. The third kappa shape index (κ3) is 8.16. The Bertz CT molecular complexity index is 1470. The van der Waals surface area contributed by atoms with Gasteiger partial charge in [-0.1, -0.05) is 48.5 Å². The van der Waals surface area contributed by atoms with E-state index in [0.29, 0.717) is 34.6 Å². The third-order valence-corrected chi connectivity index (χ3v) is 5.65. The summed E-state index contributed by atoms with van der Waals surface area (Å²) < 4.78 is 36.4. The number of carboxylic acid groups (broad SMARTS) is 1. The van der Waals surface area contributed by atoms with Gasteiger partial charge in [-0.05, 0) is 35.4 Å². The molecule has 0 radical (unpaired) electrons. The number of halogens is 3. The number of primary amides is 1. The molecular formula is C28H25F3N4O6. The highest BCUT2D eigenvalue weighted by molar-refractivity contribution is 6.37. The van der Waals surface area contributed by atoms with Crippen molar-refractivity contribution in [2.75, 3.05) is 24.3 Å². The maximum Gasteiger partial charge on any atom is 0.490 e. The molecule has 4 rings (SSSR count). The molecule has 0 aromatic heterocycles. The van der Waals surface area contributed by atoms with Gasteiger partial charge in [-0.15, -0.1) is 0 Å². The number of methoxy groups -OCH3 is 1. The van der Waals surface area contributed by atoms with Crippen LogP contribution in [0.5, 0.6) is 0 Å². The number of ether oxygens (including phenoxy) is 1. The summed E-state index contributed by atoms with van der Waals surface area (Å²) in [5, 5.41) is 16.4. The average Bonchev–Trinajstić information content (AvgIpc) is 3.27. The number of esters is 1. The first kappa shape index (κ1) is 30.4. The standard InChI is InChI=1S/C26H24N4O4.C2HF3O2/c1-34-22(31)15-28-14-16-7-10-19(11-8-16)29-24(17-5-3-2-4-6-17)23-20-12-9-18(25(27)32)13-21(20)30-26(23)33;3-2(4,5)1(6)7/h2-13,28-29H,14-15H2,1H3,(H2,27,32)(H,30,33);(H,6,7)/b24-23-;. The Balaban J connectivity index is 0.000000587. The molecular weight excluding hydrogens is 545 g/mol. The number of hydrogen-bond acceptors (Lipinski definition) is 7. The molecule has 41 heavy (non-hydrogen) atoms. The normalized spacial score (nSPS) is 13.2. The van der Waals surface area contributed by atoms with Crippen LogP contribution in [-0.4, -0.2) is 48.7 Å². The van der Waals surface area contributed by atoms with Crippen LogP contribution < -0.4 is 21.7 Å². The zero-order chi connectivity index (χ0) is 30.2. The Hall–Kier alpha value is -5.17. The Morgan fingerprint density at radius 1 is 0.976 bits per heavy atom. The number of nitrogens with one attached hydrogen (secondary N) is 3. The Kier molecular flexibility index (Phi) is 9.82. The molecule has 1 aliphatic rings. The molecule has 10 nitrogen and oxygen atoms in total. The summed E-state index contributed by atoms with van der Waals surface area (Å²) in [4.78, 5) is 44.7. The minimum Gasteiger partial charge on any atom is -0.475 e. The van der Waals surface area contributed by atoms with E-state index in [9.17, 15) is 27.6 Å². The van der Waals surface area contributed by atoms with Crippen LogP contribution in [0, 0.1) is 0 Å². The Morgan fingerprint density at radius 2 is 1.61 bits per heavy atom. The van der Waals surface area contributed by atoms with Gasteiger partial charge in [-0.2, -0.15) is 13.2 Å². The van der Waals surface area contributed by atoms with Crippen LogP contribution in [0.3, 0.4) is 0 Å². The molecule has 6 N–H and O–H groups in total. The fraction of sp³-hybridized carbons (Fsp3) is 0.143. The number of anilines is 2. The summed E-state index contributed by atoms with van der Waals surface area (Å²) >= 11 is 0. The molecule has 13 heteroatoms. The van der Waals surface area contributed by atoms with Gasteiger partial charge in [0.25, 0.3) is 5.91 Å². The van der Waals surface area contributed by atoms with Gasteiger partial charge < -0.3 is 31.5 Å². The molecule has 3 aromatic carbocycles. The maximum absolute atomic E-state index is 13.0. The molecule has 1 heterocycles. The molecule has 0 fully saturated rings. The highest BCUT2D eigenvalue weighted by Crippen LogP contribution is 2.38. The molecule has 3 aromatic rings. The van der Waals surface area contributed by atoms with Crippen molar-refractivity contribution in [3.8, 4) is 0 Å². The molecule has 0 unspecified atom stereocenters. The molecule has 1 aliphatic heterocycles. The first-order chi connectivity index (χ1) is 19.4. The van der Waals surface area contributed by atoms with Gasteiger partial charge in [-0.25, -0.2) is 4.79 Å². The summed E-state index contributed by atoms with van der Waals surface area (Å²) in [6.07, 6.45) is -5.08. The summed E-state index contributed by atoms with van der Waals surface area (Å²) in [5.74, 6) is -3.91. The van der Waals surface area contributed by atoms with E-state index >= 15 is 0 Å². The second-order valence-corrected chi connectivity index (χ2v) is 8.50. The van der Waals surface area contributed by atoms with Crippen molar-refractivity contribution >= 4 is 46.4 Å². The van der Waals surface area contributed by atoms with Crippen LogP contribution >= 0.6 is 0 Å². The van der Waals surface area contributed by atoms with Crippen molar-refractivity contribution in [1.29, 1.82) is 0 Å². The summed E-state index contributed by atoms with van der Waals surface area (Å²) in [6, 6.07) is 22.1. The van der Waals surface area contributed by atoms with E-state index in [1.54, 1.807) is 18.2 Å². The van der Waals surface area contributed by atoms with Crippen LogP contribution in [0.1, 0.15) is 27.0 Å². The van der Waals surface area contributed by atoms with E-state index < -0.39 is 18.1 Å². The molecule has 0 saturated heterocycles. The van der Waals surface area contributed by atoms with Crippen molar-refractivity contribution < 1.29 is 42.2 Å². The molecule has 0 atom stereocenters. The van der Waals surface area contributed by atoms with E-state index in [1.165, 1.54) is 7.11 Å². The molecule has 0 saturated carbocycles. The number of nitrogens with two attached hydrogens (primary N) is 1. The lowest BCUT2D eigenvalue weighted by molar-refractivity contribution is -0.192. The highest BCUT2D eigenvalue weighted by atomic mass is 19.4.